The van der Waals surface area contributed by atoms with E-state index in [1.165, 1.54) is 0 Å². The molecule has 82 valence electrons. The monoisotopic (exact) mass is 241 g/mol. The number of carbonyl (C=O) groups is 1. The zero-order valence-electron chi connectivity index (χ0n) is 8.85. The van der Waals surface area contributed by atoms with Crippen LogP contribution in [0.4, 0.5) is 0 Å². The third kappa shape index (κ3) is 2.93. The van der Waals surface area contributed by atoms with E-state index >= 15 is 0 Å². The maximum atomic E-state index is 11.8. The highest BCUT2D eigenvalue weighted by molar-refractivity contribution is 6.35. The van der Waals surface area contributed by atoms with Crippen molar-refractivity contribution in [2.75, 3.05) is 0 Å². The minimum Gasteiger partial charge on any atom is -0.279 e. The summed E-state index contributed by atoms with van der Waals surface area (Å²) < 4.78 is 0. The predicted molar refractivity (Wildman–Crippen MR) is 66.9 cm³/mol. The Kier molecular flexibility index (Phi) is 3.54. The molecule has 0 saturated heterocycles. The van der Waals surface area contributed by atoms with Gasteiger partial charge >= 0.3 is 0 Å². The van der Waals surface area contributed by atoms with Gasteiger partial charge in [0.05, 0.1) is 5.02 Å². The average Bonchev–Trinajstić information content (AvgIpc) is 2.38. The van der Waals surface area contributed by atoms with Crippen LogP contribution in [-0.2, 0) is 0 Å². The van der Waals surface area contributed by atoms with Gasteiger partial charge in [0.25, 0.3) is 0 Å². The fourth-order valence-corrected chi connectivity index (χ4v) is 1.50. The van der Waals surface area contributed by atoms with Gasteiger partial charge in [0.1, 0.15) is 0 Å². The van der Waals surface area contributed by atoms with Gasteiger partial charge in [-0.2, -0.15) is 0 Å². The summed E-state index contributed by atoms with van der Waals surface area (Å²) in [4.78, 5) is 15.7. The zero-order valence-corrected chi connectivity index (χ0v) is 9.61. The van der Waals surface area contributed by atoms with Crippen LogP contribution in [0.5, 0.6) is 0 Å². The van der Waals surface area contributed by atoms with Crippen molar-refractivity contribution in [3.8, 4) is 11.8 Å². The second-order valence-electron chi connectivity index (χ2n) is 3.30. The molecular weight excluding hydrogens is 234 g/mol. The van der Waals surface area contributed by atoms with E-state index in [1.807, 2.05) is 0 Å². The molecule has 0 amide bonds. The first-order chi connectivity index (χ1) is 8.27. The first-order valence-electron chi connectivity index (χ1n) is 4.98. The highest BCUT2D eigenvalue weighted by Gasteiger charge is 2.05. The third-order valence-electron chi connectivity index (χ3n) is 2.10. The summed E-state index contributed by atoms with van der Waals surface area (Å²) in [6, 6.07) is 10.4. The lowest BCUT2D eigenvalue weighted by Gasteiger charge is -1.95. The summed E-state index contributed by atoms with van der Waals surface area (Å²) in [5.74, 6) is 5.00. The van der Waals surface area contributed by atoms with Crippen molar-refractivity contribution in [1.29, 1.82) is 0 Å². The number of hydrogen-bond acceptors (Lipinski definition) is 2. The molecule has 3 heteroatoms. The molecule has 2 rings (SSSR count). The number of hydrogen-bond donors (Lipinski definition) is 0. The van der Waals surface area contributed by atoms with E-state index < -0.39 is 0 Å². The molecule has 0 radical (unpaired) electrons. The highest BCUT2D eigenvalue weighted by Crippen LogP contribution is 2.14. The molecular formula is C14H8ClNO. The Labute approximate surface area is 104 Å². The van der Waals surface area contributed by atoms with Gasteiger partial charge in [0.2, 0.25) is 5.78 Å². The molecule has 0 aliphatic carbocycles. The van der Waals surface area contributed by atoms with E-state index in [9.17, 15) is 4.79 Å². The largest absolute Gasteiger partial charge is 0.279 e. The fourth-order valence-electron chi connectivity index (χ4n) is 1.28. The standard InChI is InChI=1S/C14H8ClNO/c15-13-6-2-1-5-12(13)14(17)8-7-11-4-3-9-16-10-11/h1-6,9-10H. The van der Waals surface area contributed by atoms with Crippen molar-refractivity contribution in [2.45, 2.75) is 0 Å². The Morgan fingerprint density at radius 3 is 2.71 bits per heavy atom. The molecule has 1 heterocycles. The van der Waals surface area contributed by atoms with Gasteiger partial charge in [-0.25, -0.2) is 0 Å². The third-order valence-corrected chi connectivity index (χ3v) is 2.43. The number of pyridine rings is 1. The lowest BCUT2D eigenvalue weighted by Crippen LogP contribution is -1.95. The van der Waals surface area contributed by atoms with Crippen LogP contribution in [0.1, 0.15) is 15.9 Å². The summed E-state index contributed by atoms with van der Waals surface area (Å²) in [7, 11) is 0. The molecule has 0 unspecified atom stereocenters. The minimum atomic E-state index is -0.292. The van der Waals surface area contributed by atoms with Crippen molar-refractivity contribution >= 4 is 17.4 Å². The van der Waals surface area contributed by atoms with Crippen LogP contribution < -0.4 is 0 Å². The predicted octanol–water partition coefficient (Wildman–Crippen LogP) is 2.97. The van der Waals surface area contributed by atoms with E-state index in [-0.39, 0.29) is 5.78 Å². The molecule has 0 aliphatic heterocycles. The molecule has 0 fully saturated rings. The minimum absolute atomic E-state index is 0.292. The van der Waals surface area contributed by atoms with Crippen LogP contribution in [0.3, 0.4) is 0 Å². The van der Waals surface area contributed by atoms with Crippen molar-refractivity contribution in [1.82, 2.24) is 4.98 Å². The summed E-state index contributed by atoms with van der Waals surface area (Å²) >= 11 is 5.90. The smallest absolute Gasteiger partial charge is 0.237 e. The summed E-state index contributed by atoms with van der Waals surface area (Å²) in [6.07, 6.45) is 3.26. The Morgan fingerprint density at radius 1 is 1.18 bits per heavy atom. The normalized spacial score (nSPS) is 9.24. The van der Waals surface area contributed by atoms with Crippen LogP contribution in [0.15, 0.2) is 48.8 Å². The number of nitrogens with zero attached hydrogens (tertiary/aromatic N) is 1. The van der Waals surface area contributed by atoms with Crippen molar-refractivity contribution in [2.24, 2.45) is 0 Å². The molecule has 17 heavy (non-hydrogen) atoms. The fraction of sp³-hybridized carbons (Fsp3) is 0. The molecule has 0 bridgehead atoms. The quantitative estimate of drug-likeness (QED) is 0.568. The number of Topliss-reactive ketones (excluding diaryl/α,β-unsaturated/α-hetero) is 1. The molecule has 0 N–H and O–H groups in total. The van der Waals surface area contributed by atoms with Crippen LogP contribution in [-0.4, -0.2) is 10.8 Å². The number of benzene rings is 1. The van der Waals surface area contributed by atoms with Crippen molar-refractivity contribution in [3.63, 3.8) is 0 Å². The lowest BCUT2D eigenvalue weighted by molar-refractivity contribution is 0.105. The van der Waals surface area contributed by atoms with Gasteiger partial charge in [-0.05, 0) is 30.2 Å². The summed E-state index contributed by atoms with van der Waals surface area (Å²) in [5, 5.41) is 0.415. The Bertz CT molecular complexity index is 596. The van der Waals surface area contributed by atoms with E-state index in [0.29, 0.717) is 16.1 Å². The number of carbonyl (C=O) groups excluding carboxylic acids is 1. The van der Waals surface area contributed by atoms with Crippen molar-refractivity contribution < 1.29 is 4.79 Å². The van der Waals surface area contributed by atoms with E-state index in [0.717, 1.165) is 0 Å². The van der Waals surface area contributed by atoms with E-state index in [2.05, 4.69) is 16.8 Å². The number of rotatable bonds is 1. The van der Waals surface area contributed by atoms with Gasteiger partial charge < -0.3 is 0 Å². The number of aromatic nitrogens is 1. The number of ketones is 1. The summed E-state index contributed by atoms with van der Waals surface area (Å²) in [6.45, 7) is 0. The molecule has 1 aromatic carbocycles. The Hall–Kier alpha value is -2.11. The first kappa shape index (κ1) is 11.4. The second kappa shape index (κ2) is 5.29. The number of halogens is 1. The summed E-state index contributed by atoms with van der Waals surface area (Å²) in [5.41, 5.74) is 1.12. The van der Waals surface area contributed by atoms with Crippen LogP contribution in [0.2, 0.25) is 5.02 Å². The maximum Gasteiger partial charge on any atom is 0.237 e. The SMILES string of the molecule is O=C(C#Cc1cccnc1)c1ccccc1Cl. The van der Waals surface area contributed by atoms with Gasteiger partial charge in [0, 0.05) is 23.5 Å². The molecule has 0 saturated carbocycles. The van der Waals surface area contributed by atoms with Gasteiger partial charge in [-0.1, -0.05) is 29.7 Å². The molecule has 0 atom stereocenters. The molecule has 0 spiro atoms. The van der Waals surface area contributed by atoms with Crippen LogP contribution in [0.25, 0.3) is 0 Å². The Morgan fingerprint density at radius 2 is 2.00 bits per heavy atom. The molecule has 2 aromatic rings. The van der Waals surface area contributed by atoms with E-state index in [4.69, 9.17) is 11.6 Å². The lowest BCUT2D eigenvalue weighted by atomic mass is 10.1. The maximum absolute atomic E-state index is 11.8. The topological polar surface area (TPSA) is 30.0 Å². The first-order valence-corrected chi connectivity index (χ1v) is 5.36. The average molecular weight is 242 g/mol. The van der Waals surface area contributed by atoms with Gasteiger partial charge in [0.15, 0.2) is 0 Å². The molecule has 1 aromatic heterocycles. The molecule has 0 aliphatic rings. The van der Waals surface area contributed by atoms with E-state index in [1.54, 1.807) is 48.8 Å². The zero-order chi connectivity index (χ0) is 12.1. The highest BCUT2D eigenvalue weighted by atomic mass is 35.5. The molecule has 2 nitrogen and oxygen atoms in total. The Balaban J connectivity index is 2.24. The van der Waals surface area contributed by atoms with Gasteiger partial charge in [-0.3, -0.25) is 9.78 Å². The van der Waals surface area contributed by atoms with Crippen LogP contribution >= 0.6 is 11.6 Å². The van der Waals surface area contributed by atoms with Crippen LogP contribution in [0, 0.1) is 11.8 Å². The van der Waals surface area contributed by atoms with Crippen molar-refractivity contribution in [3.05, 3.63) is 64.9 Å². The second-order valence-corrected chi connectivity index (χ2v) is 3.71. The van der Waals surface area contributed by atoms with Gasteiger partial charge in [-0.15, -0.1) is 0 Å².